The summed E-state index contributed by atoms with van der Waals surface area (Å²) in [5.74, 6) is -0.747. The number of carbonyl (C=O) groups is 2. The molecular weight excluding hydrogens is 611 g/mol. The van der Waals surface area contributed by atoms with Gasteiger partial charge in [-0.1, -0.05) is 30.3 Å². The van der Waals surface area contributed by atoms with Crippen molar-refractivity contribution in [1.29, 1.82) is 5.41 Å². The molecular formula is C33H45F3N9O2+. The number of amidine groups is 1. The maximum Gasteiger partial charge on any atom is 0.416 e. The standard InChI is InChI=1S/C33H44F3N9O2/c1-45(16-5-9-30(38)39,17-14-42-32(40)41)15-4-7-26(37)31(47)44-28(19-22-10-12-25(13-11-22)33(34,35)36)29(46)20-23-18-24-6-2-3-8-27(24)43-21-23/h2-3,6,8,10-13,18,21,26,28H,4-5,7,9,14-17,19-20,37H2,1H3,(H7-,38,39,40,41,42,44,47)/p+1/t26-,28-,45?/m0/s1. The lowest BCUT2D eigenvalue weighted by Crippen LogP contribution is -2.51. The van der Waals surface area contributed by atoms with E-state index in [-0.39, 0.29) is 30.4 Å². The number of likely N-dealkylation sites (N-methyl/N-ethyl adjacent to an activating group) is 1. The van der Waals surface area contributed by atoms with Crippen molar-refractivity contribution in [3.63, 3.8) is 0 Å². The highest BCUT2D eigenvalue weighted by atomic mass is 19.4. The number of hydrogen-bond acceptors (Lipinski definition) is 6. The van der Waals surface area contributed by atoms with Gasteiger partial charge in [-0.05, 0) is 54.7 Å². The number of guanidine groups is 1. The molecule has 3 atom stereocenters. The van der Waals surface area contributed by atoms with E-state index in [0.717, 1.165) is 23.0 Å². The van der Waals surface area contributed by atoms with E-state index in [1.54, 1.807) is 6.20 Å². The highest BCUT2D eigenvalue weighted by molar-refractivity contribution is 5.92. The fraction of sp³-hybridized carbons (Fsp3) is 0.424. The lowest BCUT2D eigenvalue weighted by atomic mass is 9.96. The zero-order valence-electron chi connectivity index (χ0n) is 26.6. The Balaban J connectivity index is 1.69. The number of alkyl halides is 3. The molecule has 14 heteroatoms. The van der Waals surface area contributed by atoms with Crippen molar-refractivity contribution in [1.82, 2.24) is 10.3 Å². The Bertz CT molecular complexity index is 1540. The van der Waals surface area contributed by atoms with E-state index in [1.807, 2.05) is 37.4 Å². The van der Waals surface area contributed by atoms with Crippen LogP contribution in [0.25, 0.3) is 10.9 Å². The normalized spacial score (nSPS) is 14.1. The molecule has 1 unspecified atom stereocenters. The number of pyridine rings is 1. The van der Waals surface area contributed by atoms with Gasteiger partial charge in [0.25, 0.3) is 0 Å². The summed E-state index contributed by atoms with van der Waals surface area (Å²) in [5.41, 5.74) is 23.8. The number of ketones is 1. The summed E-state index contributed by atoms with van der Waals surface area (Å²) in [6.07, 6.45) is -0.885. The minimum atomic E-state index is -4.50. The summed E-state index contributed by atoms with van der Waals surface area (Å²) < 4.78 is 40.0. The van der Waals surface area contributed by atoms with Crippen molar-refractivity contribution >= 4 is 34.4 Å². The van der Waals surface area contributed by atoms with Gasteiger partial charge in [0.15, 0.2) is 11.7 Å². The average Bonchev–Trinajstić information content (AvgIpc) is 3.00. The molecule has 3 aromatic rings. The van der Waals surface area contributed by atoms with Gasteiger partial charge in [0.05, 0.1) is 62.2 Å². The van der Waals surface area contributed by atoms with Crippen LogP contribution in [-0.4, -0.2) is 78.3 Å². The van der Waals surface area contributed by atoms with Gasteiger partial charge < -0.3 is 32.7 Å². The number of para-hydroxylation sites is 1. The minimum Gasteiger partial charge on any atom is -0.388 e. The molecule has 0 bridgehead atoms. The van der Waals surface area contributed by atoms with Crippen molar-refractivity contribution in [3.05, 3.63) is 77.5 Å². The van der Waals surface area contributed by atoms with Gasteiger partial charge >= 0.3 is 6.18 Å². The molecule has 254 valence electrons. The molecule has 0 saturated carbocycles. The SMILES string of the molecule is C[N+](CCCC(=N)N)(CCC[C@H](N)C(=O)N[C@@H](Cc1ccc(C(F)(F)F)cc1)C(=O)Cc1cnc2ccccc2c1)CCN=C(N)N. The van der Waals surface area contributed by atoms with Crippen molar-refractivity contribution < 1.29 is 27.2 Å². The second-order valence-corrected chi connectivity index (χ2v) is 12.1. The maximum atomic E-state index is 13.6. The summed E-state index contributed by atoms with van der Waals surface area (Å²) in [6, 6.07) is 11.9. The molecule has 1 amide bonds. The Morgan fingerprint density at radius 2 is 1.68 bits per heavy atom. The third kappa shape index (κ3) is 12.3. The number of aromatic nitrogens is 1. The first-order valence-electron chi connectivity index (χ1n) is 15.5. The summed E-state index contributed by atoms with van der Waals surface area (Å²) in [4.78, 5) is 35.3. The summed E-state index contributed by atoms with van der Waals surface area (Å²) in [5, 5.41) is 11.1. The van der Waals surface area contributed by atoms with E-state index < -0.39 is 29.7 Å². The number of aliphatic imine (C=N–C) groups is 1. The first kappa shape index (κ1) is 36.9. The van der Waals surface area contributed by atoms with Gasteiger partial charge in [0, 0.05) is 30.8 Å². The maximum absolute atomic E-state index is 13.6. The monoisotopic (exact) mass is 656 g/mol. The van der Waals surface area contributed by atoms with Crippen LogP contribution in [0.4, 0.5) is 13.2 Å². The van der Waals surface area contributed by atoms with Crippen LogP contribution >= 0.6 is 0 Å². The number of nitrogens with two attached hydrogens (primary N) is 4. The van der Waals surface area contributed by atoms with E-state index in [1.165, 1.54) is 12.1 Å². The van der Waals surface area contributed by atoms with Crippen LogP contribution in [0.3, 0.4) is 0 Å². The van der Waals surface area contributed by atoms with Crippen LogP contribution in [0.5, 0.6) is 0 Å². The summed E-state index contributed by atoms with van der Waals surface area (Å²) in [6.45, 7) is 2.41. The van der Waals surface area contributed by atoms with E-state index in [9.17, 15) is 22.8 Å². The van der Waals surface area contributed by atoms with Gasteiger partial charge in [0.1, 0.15) is 0 Å². The molecule has 11 nitrogen and oxygen atoms in total. The molecule has 0 spiro atoms. The Morgan fingerprint density at radius 1 is 1.00 bits per heavy atom. The molecule has 0 saturated heterocycles. The highest BCUT2D eigenvalue weighted by Gasteiger charge is 2.31. The topological polar surface area (TPSA) is 199 Å². The number of hydrogen-bond donors (Lipinski definition) is 6. The number of nitrogens with zero attached hydrogens (tertiary/aromatic N) is 3. The number of halogens is 3. The highest BCUT2D eigenvalue weighted by Crippen LogP contribution is 2.29. The number of amides is 1. The zero-order valence-corrected chi connectivity index (χ0v) is 26.6. The number of nitrogens with one attached hydrogen (secondary N) is 2. The molecule has 0 aliphatic rings. The second kappa shape index (κ2) is 16.8. The van der Waals surface area contributed by atoms with Crippen LogP contribution in [0, 0.1) is 5.41 Å². The number of rotatable bonds is 18. The van der Waals surface area contributed by atoms with Crippen molar-refractivity contribution in [2.75, 3.05) is 33.2 Å². The fourth-order valence-corrected chi connectivity index (χ4v) is 5.36. The van der Waals surface area contributed by atoms with E-state index in [0.29, 0.717) is 67.5 Å². The van der Waals surface area contributed by atoms with Crippen LogP contribution in [0.15, 0.2) is 65.8 Å². The van der Waals surface area contributed by atoms with Crippen molar-refractivity contribution in [3.8, 4) is 0 Å². The molecule has 0 aliphatic heterocycles. The van der Waals surface area contributed by atoms with Crippen LogP contribution in [0.1, 0.15) is 42.4 Å². The number of fused-ring (bicyclic) bond motifs is 1. The Kier molecular flexibility index (Phi) is 13.2. The number of carbonyl (C=O) groups excluding carboxylic acids is 2. The van der Waals surface area contributed by atoms with Gasteiger partial charge in [-0.2, -0.15) is 13.2 Å². The van der Waals surface area contributed by atoms with Crippen molar-refractivity contribution in [2.24, 2.45) is 27.9 Å². The molecule has 0 aliphatic carbocycles. The summed E-state index contributed by atoms with van der Waals surface area (Å²) in [7, 11) is 2.04. The second-order valence-electron chi connectivity index (χ2n) is 12.1. The predicted molar refractivity (Wildman–Crippen MR) is 177 cm³/mol. The fourth-order valence-electron chi connectivity index (χ4n) is 5.36. The summed E-state index contributed by atoms with van der Waals surface area (Å²) >= 11 is 0. The minimum absolute atomic E-state index is 0.00347. The van der Waals surface area contributed by atoms with E-state index >= 15 is 0 Å². The van der Waals surface area contributed by atoms with Gasteiger partial charge in [-0.25, -0.2) is 4.99 Å². The van der Waals surface area contributed by atoms with Crippen LogP contribution in [0.2, 0.25) is 0 Å². The van der Waals surface area contributed by atoms with Gasteiger partial charge in [-0.15, -0.1) is 0 Å². The smallest absolute Gasteiger partial charge is 0.388 e. The van der Waals surface area contributed by atoms with Crippen LogP contribution in [-0.2, 0) is 28.6 Å². The van der Waals surface area contributed by atoms with Gasteiger partial charge in [-0.3, -0.25) is 20.0 Å². The molecule has 2 aromatic carbocycles. The quantitative estimate of drug-likeness (QED) is 0.0687. The molecule has 0 radical (unpaired) electrons. The lowest BCUT2D eigenvalue weighted by Gasteiger charge is -2.34. The van der Waals surface area contributed by atoms with Crippen LogP contribution < -0.4 is 28.3 Å². The number of benzene rings is 2. The third-order valence-electron chi connectivity index (χ3n) is 8.08. The molecule has 47 heavy (non-hydrogen) atoms. The molecule has 0 fully saturated rings. The number of quaternary nitrogens is 1. The predicted octanol–water partition coefficient (Wildman–Crippen LogP) is 2.64. The molecule has 1 heterocycles. The Morgan fingerprint density at radius 3 is 2.34 bits per heavy atom. The van der Waals surface area contributed by atoms with Gasteiger partial charge in [0.2, 0.25) is 5.91 Å². The number of Topliss-reactive ketones (excluding diaryl/α,β-unsaturated/α-hetero) is 1. The Hall–Kier alpha value is -4.56. The molecule has 3 rings (SSSR count). The molecule has 1 aromatic heterocycles. The molecule has 10 N–H and O–H groups in total. The van der Waals surface area contributed by atoms with Crippen molar-refractivity contribution in [2.45, 2.75) is 56.8 Å². The van der Waals surface area contributed by atoms with E-state index in [2.05, 4.69) is 15.3 Å². The zero-order chi connectivity index (χ0) is 34.6. The average molecular weight is 657 g/mol. The lowest BCUT2D eigenvalue weighted by molar-refractivity contribution is -0.908. The first-order chi connectivity index (χ1) is 22.1. The van der Waals surface area contributed by atoms with E-state index in [4.69, 9.17) is 28.3 Å². The third-order valence-corrected chi connectivity index (χ3v) is 8.08. The Labute approximate surface area is 272 Å². The largest absolute Gasteiger partial charge is 0.416 e. The first-order valence-corrected chi connectivity index (χ1v) is 15.5.